The molecule has 1 aromatic heterocycles. The smallest absolute Gasteiger partial charge is 0.112 e. The number of halogens is 1. The molecule has 0 unspecified atom stereocenters. The summed E-state index contributed by atoms with van der Waals surface area (Å²) >= 11 is 3.30. The molecule has 1 aliphatic rings. The summed E-state index contributed by atoms with van der Waals surface area (Å²) < 4.78 is 0.764. The number of hydrogen-bond donors (Lipinski definition) is 1. The first-order valence-electron chi connectivity index (χ1n) is 3.56. The summed E-state index contributed by atoms with van der Waals surface area (Å²) in [7, 11) is 0. The van der Waals surface area contributed by atoms with E-state index >= 15 is 0 Å². The fraction of sp³-hybridized carbons (Fsp3) is 0.375. The first-order chi connectivity index (χ1) is 5.22. The molecule has 58 valence electrons. The minimum absolute atomic E-state index is 0.576. The van der Waals surface area contributed by atoms with Crippen LogP contribution >= 0.6 is 15.9 Å². The highest BCUT2D eigenvalue weighted by molar-refractivity contribution is 9.10. The Kier molecular flexibility index (Phi) is 1.51. The van der Waals surface area contributed by atoms with Crippen LogP contribution in [-0.4, -0.2) is 10.1 Å². The monoisotopic (exact) mass is 213 g/mol. The average Bonchev–Trinajstić information content (AvgIpc) is 2.70. The SMILES string of the molecule is OC1(c2cccnc2Br)CC1. The molecule has 2 rings (SSSR count). The van der Waals surface area contributed by atoms with E-state index in [1.54, 1.807) is 6.20 Å². The minimum atomic E-state index is -0.576. The zero-order chi connectivity index (χ0) is 7.90. The molecule has 1 N–H and O–H groups in total. The van der Waals surface area contributed by atoms with Gasteiger partial charge in [0.15, 0.2) is 0 Å². The van der Waals surface area contributed by atoms with Gasteiger partial charge in [-0.15, -0.1) is 0 Å². The summed E-state index contributed by atoms with van der Waals surface area (Å²) in [4.78, 5) is 4.04. The van der Waals surface area contributed by atoms with Crippen LogP contribution in [0, 0.1) is 0 Å². The molecule has 1 aliphatic carbocycles. The van der Waals surface area contributed by atoms with Gasteiger partial charge in [0.1, 0.15) is 4.60 Å². The molecule has 3 heteroatoms. The van der Waals surface area contributed by atoms with Crippen LogP contribution in [0.4, 0.5) is 0 Å². The number of hydrogen-bond acceptors (Lipinski definition) is 2. The van der Waals surface area contributed by atoms with E-state index in [1.165, 1.54) is 0 Å². The third-order valence-corrected chi connectivity index (χ3v) is 2.62. The van der Waals surface area contributed by atoms with Crippen molar-refractivity contribution in [2.75, 3.05) is 0 Å². The van der Waals surface area contributed by atoms with Gasteiger partial charge in [-0.2, -0.15) is 0 Å². The highest BCUT2D eigenvalue weighted by Gasteiger charge is 2.43. The summed E-state index contributed by atoms with van der Waals surface area (Å²) in [6.07, 6.45) is 3.42. The van der Waals surface area contributed by atoms with Gasteiger partial charge in [-0.25, -0.2) is 4.98 Å². The lowest BCUT2D eigenvalue weighted by Crippen LogP contribution is -2.05. The quantitative estimate of drug-likeness (QED) is 0.723. The molecule has 0 aliphatic heterocycles. The van der Waals surface area contributed by atoms with Gasteiger partial charge in [0.2, 0.25) is 0 Å². The maximum absolute atomic E-state index is 9.71. The fourth-order valence-electron chi connectivity index (χ4n) is 1.12. The van der Waals surface area contributed by atoms with E-state index in [0.29, 0.717) is 0 Å². The molecule has 0 aromatic carbocycles. The summed E-state index contributed by atoms with van der Waals surface area (Å²) in [5, 5.41) is 9.71. The number of aromatic nitrogens is 1. The Bertz CT molecular complexity index is 283. The maximum Gasteiger partial charge on any atom is 0.112 e. The van der Waals surface area contributed by atoms with Crippen LogP contribution in [-0.2, 0) is 5.60 Å². The molecule has 1 fully saturated rings. The molecule has 0 bridgehead atoms. The molecule has 11 heavy (non-hydrogen) atoms. The fourth-order valence-corrected chi connectivity index (χ4v) is 1.74. The maximum atomic E-state index is 9.71. The molecule has 0 atom stereocenters. The lowest BCUT2D eigenvalue weighted by atomic mass is 10.1. The van der Waals surface area contributed by atoms with Gasteiger partial charge < -0.3 is 5.11 Å². The van der Waals surface area contributed by atoms with Crippen molar-refractivity contribution in [2.45, 2.75) is 18.4 Å². The first kappa shape index (κ1) is 7.25. The molecule has 0 amide bonds. The van der Waals surface area contributed by atoms with E-state index < -0.39 is 5.60 Å². The summed E-state index contributed by atoms with van der Waals surface area (Å²) in [6.45, 7) is 0. The second-order valence-corrected chi connectivity index (χ2v) is 3.62. The molecule has 0 saturated heterocycles. The van der Waals surface area contributed by atoms with Gasteiger partial charge in [-0.05, 0) is 34.8 Å². The van der Waals surface area contributed by atoms with Gasteiger partial charge >= 0.3 is 0 Å². The second kappa shape index (κ2) is 2.29. The van der Waals surface area contributed by atoms with Crippen molar-refractivity contribution in [3.05, 3.63) is 28.5 Å². The standard InChI is InChI=1S/C8H8BrNO/c9-7-6(2-1-5-10-7)8(11)3-4-8/h1-2,5,11H,3-4H2. The number of nitrogens with zero attached hydrogens (tertiary/aromatic N) is 1. The Labute approximate surface area is 73.4 Å². The first-order valence-corrected chi connectivity index (χ1v) is 4.35. The Morgan fingerprint density at radius 1 is 1.55 bits per heavy atom. The van der Waals surface area contributed by atoms with E-state index in [2.05, 4.69) is 20.9 Å². The summed E-state index contributed by atoms with van der Waals surface area (Å²) in [5.41, 5.74) is 0.340. The lowest BCUT2D eigenvalue weighted by Gasteiger charge is -2.07. The van der Waals surface area contributed by atoms with Crippen LogP contribution in [0.25, 0.3) is 0 Å². The largest absolute Gasteiger partial charge is 0.385 e. The van der Waals surface area contributed by atoms with Crippen LogP contribution in [0.1, 0.15) is 18.4 Å². The van der Waals surface area contributed by atoms with Crippen LogP contribution in [0.2, 0.25) is 0 Å². The van der Waals surface area contributed by atoms with E-state index in [9.17, 15) is 5.11 Å². The number of rotatable bonds is 1. The van der Waals surface area contributed by atoms with Crippen molar-refractivity contribution < 1.29 is 5.11 Å². The topological polar surface area (TPSA) is 33.1 Å². The molecule has 0 spiro atoms. The van der Waals surface area contributed by atoms with Crippen molar-refractivity contribution in [1.29, 1.82) is 0 Å². The zero-order valence-electron chi connectivity index (χ0n) is 5.92. The van der Waals surface area contributed by atoms with E-state index in [1.807, 2.05) is 12.1 Å². The Balaban J connectivity index is 2.45. The molecule has 1 saturated carbocycles. The van der Waals surface area contributed by atoms with Crippen LogP contribution in [0.5, 0.6) is 0 Å². The predicted molar refractivity (Wildman–Crippen MR) is 45.1 cm³/mol. The Morgan fingerprint density at radius 2 is 2.27 bits per heavy atom. The van der Waals surface area contributed by atoms with Crippen molar-refractivity contribution in [3.8, 4) is 0 Å². The summed E-state index contributed by atoms with van der Waals surface area (Å²) in [5.74, 6) is 0. The summed E-state index contributed by atoms with van der Waals surface area (Å²) in [6, 6.07) is 3.75. The van der Waals surface area contributed by atoms with Gasteiger partial charge in [0, 0.05) is 11.8 Å². The highest BCUT2D eigenvalue weighted by Crippen LogP contribution is 2.47. The molecule has 1 heterocycles. The van der Waals surface area contributed by atoms with Gasteiger partial charge in [0.25, 0.3) is 0 Å². The van der Waals surface area contributed by atoms with Gasteiger partial charge in [-0.3, -0.25) is 0 Å². The van der Waals surface area contributed by atoms with Crippen molar-refractivity contribution in [3.63, 3.8) is 0 Å². The number of pyridine rings is 1. The normalized spacial score (nSPS) is 19.8. The third kappa shape index (κ3) is 1.19. The van der Waals surface area contributed by atoms with E-state index in [4.69, 9.17) is 0 Å². The second-order valence-electron chi connectivity index (χ2n) is 2.87. The zero-order valence-corrected chi connectivity index (χ0v) is 7.50. The van der Waals surface area contributed by atoms with Crippen molar-refractivity contribution in [1.82, 2.24) is 4.98 Å². The van der Waals surface area contributed by atoms with Crippen LogP contribution in [0.3, 0.4) is 0 Å². The highest BCUT2D eigenvalue weighted by atomic mass is 79.9. The predicted octanol–water partition coefficient (Wildman–Crippen LogP) is 1.83. The average molecular weight is 214 g/mol. The molecule has 2 nitrogen and oxygen atoms in total. The number of aliphatic hydroxyl groups is 1. The van der Waals surface area contributed by atoms with Gasteiger partial charge in [-0.1, -0.05) is 6.07 Å². The Hall–Kier alpha value is -0.410. The van der Waals surface area contributed by atoms with E-state index in [0.717, 1.165) is 23.0 Å². The minimum Gasteiger partial charge on any atom is -0.385 e. The lowest BCUT2D eigenvalue weighted by molar-refractivity contribution is 0.150. The Morgan fingerprint density at radius 3 is 2.82 bits per heavy atom. The molecule has 1 aromatic rings. The van der Waals surface area contributed by atoms with E-state index in [-0.39, 0.29) is 0 Å². The van der Waals surface area contributed by atoms with Crippen LogP contribution < -0.4 is 0 Å². The van der Waals surface area contributed by atoms with Crippen LogP contribution in [0.15, 0.2) is 22.9 Å². The van der Waals surface area contributed by atoms with Crippen molar-refractivity contribution >= 4 is 15.9 Å². The molecular formula is C8H8BrNO. The molecule has 0 radical (unpaired) electrons. The van der Waals surface area contributed by atoms with Gasteiger partial charge in [0.05, 0.1) is 5.60 Å². The molecular weight excluding hydrogens is 206 g/mol. The van der Waals surface area contributed by atoms with Crippen molar-refractivity contribution in [2.24, 2.45) is 0 Å². The third-order valence-electron chi connectivity index (χ3n) is 1.98.